The van der Waals surface area contributed by atoms with Crippen molar-refractivity contribution in [3.8, 4) is 22.6 Å². The monoisotopic (exact) mass is 304 g/mol. The summed E-state index contributed by atoms with van der Waals surface area (Å²) in [6.45, 7) is 0. The van der Waals surface area contributed by atoms with Crippen molar-refractivity contribution in [3.63, 3.8) is 0 Å². The van der Waals surface area contributed by atoms with Crippen molar-refractivity contribution in [1.82, 2.24) is 19.5 Å². The van der Waals surface area contributed by atoms with E-state index in [0.717, 1.165) is 22.6 Å². The van der Waals surface area contributed by atoms with Gasteiger partial charge in [-0.05, 0) is 18.2 Å². The van der Waals surface area contributed by atoms with Crippen LogP contribution in [0.4, 0.5) is 0 Å². The highest BCUT2D eigenvalue weighted by Crippen LogP contribution is 2.34. The highest BCUT2D eigenvalue weighted by atomic mass is 35.5. The second-order valence-corrected chi connectivity index (χ2v) is 5.11. The predicted molar refractivity (Wildman–Crippen MR) is 79.7 cm³/mol. The largest absolute Gasteiger partial charge is 0.334 e. The average Bonchev–Trinajstić information content (AvgIpc) is 2.85. The van der Waals surface area contributed by atoms with Gasteiger partial charge in [-0.3, -0.25) is 0 Å². The third-order valence-corrected chi connectivity index (χ3v) is 3.51. The van der Waals surface area contributed by atoms with Gasteiger partial charge in [0.15, 0.2) is 0 Å². The molecule has 0 N–H and O–H groups in total. The molecule has 1 aromatic carbocycles. The molecule has 0 aliphatic carbocycles. The highest BCUT2D eigenvalue weighted by molar-refractivity contribution is 6.36. The third-order valence-electron chi connectivity index (χ3n) is 2.96. The molecule has 2 heterocycles. The Kier molecular flexibility index (Phi) is 3.42. The van der Waals surface area contributed by atoms with Crippen LogP contribution in [0.3, 0.4) is 0 Å². The summed E-state index contributed by atoms with van der Waals surface area (Å²) < 4.78 is 1.91. The molecule has 0 fully saturated rings. The van der Waals surface area contributed by atoms with Gasteiger partial charge in [-0.25, -0.2) is 15.0 Å². The standard InChI is InChI=1S/C14H10Cl2N4/c1-20-5-4-18-14(20)11-7-17-8-19-13(11)10-3-2-9(15)6-12(10)16/h2-8H,1H3. The first-order valence-corrected chi connectivity index (χ1v) is 6.65. The van der Waals surface area contributed by atoms with Gasteiger partial charge in [-0.1, -0.05) is 23.2 Å². The molecule has 0 bridgehead atoms. The minimum Gasteiger partial charge on any atom is -0.334 e. The summed E-state index contributed by atoms with van der Waals surface area (Å²) in [5.41, 5.74) is 2.36. The molecule has 0 aliphatic heterocycles. The van der Waals surface area contributed by atoms with Gasteiger partial charge in [0.05, 0.1) is 16.3 Å². The lowest BCUT2D eigenvalue weighted by Crippen LogP contribution is -1.97. The Bertz CT molecular complexity index is 767. The van der Waals surface area contributed by atoms with E-state index in [9.17, 15) is 0 Å². The maximum Gasteiger partial charge on any atom is 0.143 e. The maximum atomic E-state index is 6.27. The molecule has 0 spiro atoms. The molecule has 0 aliphatic rings. The second kappa shape index (κ2) is 5.23. The van der Waals surface area contributed by atoms with E-state index in [1.807, 2.05) is 23.9 Å². The first-order valence-electron chi connectivity index (χ1n) is 5.90. The number of rotatable bonds is 2. The number of aromatic nitrogens is 4. The van der Waals surface area contributed by atoms with E-state index in [0.29, 0.717) is 10.0 Å². The van der Waals surface area contributed by atoms with Crippen molar-refractivity contribution in [1.29, 1.82) is 0 Å². The van der Waals surface area contributed by atoms with Crippen LogP contribution in [0.2, 0.25) is 10.0 Å². The fraction of sp³-hybridized carbons (Fsp3) is 0.0714. The molecule has 20 heavy (non-hydrogen) atoms. The zero-order valence-corrected chi connectivity index (χ0v) is 12.1. The van der Waals surface area contributed by atoms with Crippen LogP contribution < -0.4 is 0 Å². The molecular weight excluding hydrogens is 295 g/mol. The number of hydrogen-bond donors (Lipinski definition) is 0. The van der Waals surface area contributed by atoms with E-state index in [4.69, 9.17) is 23.2 Å². The SMILES string of the molecule is Cn1ccnc1-c1cncnc1-c1ccc(Cl)cc1Cl. The molecule has 100 valence electrons. The zero-order chi connectivity index (χ0) is 14.1. The average molecular weight is 305 g/mol. The summed E-state index contributed by atoms with van der Waals surface area (Å²) in [6, 6.07) is 5.33. The van der Waals surface area contributed by atoms with Crippen LogP contribution >= 0.6 is 23.2 Å². The summed E-state index contributed by atoms with van der Waals surface area (Å²) in [4.78, 5) is 12.8. The minimum atomic E-state index is 0.548. The molecule has 3 rings (SSSR count). The van der Waals surface area contributed by atoms with Crippen molar-refractivity contribution < 1.29 is 0 Å². The van der Waals surface area contributed by atoms with Crippen LogP contribution in [-0.4, -0.2) is 19.5 Å². The molecule has 0 saturated carbocycles. The summed E-state index contributed by atoms with van der Waals surface area (Å²) >= 11 is 12.2. The van der Waals surface area contributed by atoms with Gasteiger partial charge in [0.25, 0.3) is 0 Å². The third kappa shape index (κ3) is 2.28. The zero-order valence-electron chi connectivity index (χ0n) is 10.6. The van der Waals surface area contributed by atoms with Gasteiger partial charge in [-0.15, -0.1) is 0 Å². The van der Waals surface area contributed by atoms with Crippen LogP contribution in [-0.2, 0) is 7.05 Å². The maximum absolute atomic E-state index is 6.27. The van der Waals surface area contributed by atoms with Gasteiger partial charge in [-0.2, -0.15) is 0 Å². The molecule has 3 aromatic rings. The van der Waals surface area contributed by atoms with Crippen LogP contribution in [0.5, 0.6) is 0 Å². The van der Waals surface area contributed by atoms with Crippen molar-refractivity contribution in [2.45, 2.75) is 0 Å². The fourth-order valence-electron chi connectivity index (χ4n) is 2.01. The van der Waals surface area contributed by atoms with E-state index in [-0.39, 0.29) is 0 Å². The van der Waals surface area contributed by atoms with Gasteiger partial charge >= 0.3 is 0 Å². The molecule has 0 amide bonds. The molecule has 0 radical (unpaired) electrons. The smallest absolute Gasteiger partial charge is 0.143 e. The first-order chi connectivity index (χ1) is 9.66. The quantitative estimate of drug-likeness (QED) is 0.722. The molecule has 0 unspecified atom stereocenters. The van der Waals surface area contributed by atoms with E-state index in [1.165, 1.54) is 6.33 Å². The molecular formula is C14H10Cl2N4. The summed E-state index contributed by atoms with van der Waals surface area (Å²) in [5, 5.41) is 1.14. The Morgan fingerprint density at radius 1 is 1.10 bits per heavy atom. The fourth-order valence-corrected chi connectivity index (χ4v) is 2.51. The van der Waals surface area contributed by atoms with Crippen molar-refractivity contribution in [3.05, 3.63) is 53.2 Å². The lowest BCUT2D eigenvalue weighted by Gasteiger charge is -2.09. The van der Waals surface area contributed by atoms with Crippen LogP contribution in [0.1, 0.15) is 0 Å². The number of halogens is 2. The second-order valence-electron chi connectivity index (χ2n) is 4.27. The Balaban J connectivity index is 2.23. The van der Waals surface area contributed by atoms with Crippen molar-refractivity contribution in [2.75, 3.05) is 0 Å². The molecule has 6 heteroatoms. The number of benzene rings is 1. The van der Waals surface area contributed by atoms with E-state index >= 15 is 0 Å². The number of imidazole rings is 1. The predicted octanol–water partition coefficient (Wildman–Crippen LogP) is 3.85. The Hall–Kier alpha value is -1.91. The summed E-state index contributed by atoms with van der Waals surface area (Å²) in [6.07, 6.45) is 6.83. The van der Waals surface area contributed by atoms with Gasteiger partial charge in [0.1, 0.15) is 12.2 Å². The van der Waals surface area contributed by atoms with Crippen LogP contribution in [0, 0.1) is 0 Å². The van der Waals surface area contributed by atoms with Crippen LogP contribution in [0.25, 0.3) is 22.6 Å². The summed E-state index contributed by atoms with van der Waals surface area (Å²) in [5.74, 6) is 0.784. The lowest BCUT2D eigenvalue weighted by molar-refractivity contribution is 0.921. The lowest BCUT2D eigenvalue weighted by atomic mass is 10.1. The molecule has 2 aromatic heterocycles. The Labute approximate surface area is 126 Å². The van der Waals surface area contributed by atoms with E-state index in [2.05, 4.69) is 15.0 Å². The Morgan fingerprint density at radius 3 is 2.65 bits per heavy atom. The van der Waals surface area contributed by atoms with Crippen molar-refractivity contribution >= 4 is 23.2 Å². The number of nitrogens with zero attached hydrogens (tertiary/aromatic N) is 4. The summed E-state index contributed by atoms with van der Waals surface area (Å²) in [7, 11) is 1.92. The molecule has 0 atom stereocenters. The number of aryl methyl sites for hydroxylation is 1. The topological polar surface area (TPSA) is 43.6 Å². The van der Waals surface area contributed by atoms with E-state index in [1.54, 1.807) is 24.5 Å². The van der Waals surface area contributed by atoms with Crippen molar-refractivity contribution in [2.24, 2.45) is 7.05 Å². The normalized spacial score (nSPS) is 10.8. The van der Waals surface area contributed by atoms with Gasteiger partial charge in [0, 0.05) is 36.2 Å². The van der Waals surface area contributed by atoms with E-state index < -0.39 is 0 Å². The van der Waals surface area contributed by atoms with Crippen LogP contribution in [0.15, 0.2) is 43.1 Å². The van der Waals surface area contributed by atoms with Gasteiger partial charge < -0.3 is 4.57 Å². The first kappa shape index (κ1) is 13.1. The number of hydrogen-bond acceptors (Lipinski definition) is 3. The highest BCUT2D eigenvalue weighted by Gasteiger charge is 2.15. The minimum absolute atomic E-state index is 0.548. The Morgan fingerprint density at radius 2 is 1.95 bits per heavy atom. The van der Waals surface area contributed by atoms with Gasteiger partial charge in [0.2, 0.25) is 0 Å². The molecule has 0 saturated heterocycles. The molecule has 4 nitrogen and oxygen atoms in total.